The van der Waals surface area contributed by atoms with E-state index in [9.17, 15) is 17.6 Å². The summed E-state index contributed by atoms with van der Waals surface area (Å²) in [6.45, 7) is 0.625. The van der Waals surface area contributed by atoms with Crippen molar-refractivity contribution in [1.82, 2.24) is 14.9 Å². The van der Waals surface area contributed by atoms with Crippen LogP contribution < -0.4 is 5.73 Å². The van der Waals surface area contributed by atoms with Crippen LogP contribution in [0.25, 0.3) is 0 Å². The molecule has 1 aromatic rings. The van der Waals surface area contributed by atoms with E-state index in [2.05, 4.69) is 9.97 Å². The lowest BCUT2D eigenvalue weighted by Gasteiger charge is -2.36. The molecule has 1 aliphatic heterocycles. The zero-order valence-corrected chi connectivity index (χ0v) is 10.8. The Morgan fingerprint density at radius 1 is 1.20 bits per heavy atom. The minimum atomic E-state index is -2.73. The quantitative estimate of drug-likeness (QED) is 0.864. The number of likely N-dealkylation sites (tertiary alicyclic amines) is 1. The van der Waals surface area contributed by atoms with Gasteiger partial charge in [0, 0.05) is 50.4 Å². The Morgan fingerprint density at radius 3 is 2.20 bits per heavy atom. The van der Waals surface area contributed by atoms with Crippen LogP contribution in [0.5, 0.6) is 0 Å². The minimum absolute atomic E-state index is 0.197. The largest absolute Gasteiger partial charge is 0.329 e. The highest BCUT2D eigenvalue weighted by Gasteiger charge is 2.36. The predicted molar refractivity (Wildman–Crippen MR) is 64.5 cm³/mol. The van der Waals surface area contributed by atoms with Crippen LogP contribution in [0.2, 0.25) is 0 Å². The Bertz CT molecular complexity index is 428. The topological polar surface area (TPSA) is 55.0 Å². The molecule has 1 aliphatic rings. The maximum absolute atomic E-state index is 13.1. The maximum atomic E-state index is 13.1. The van der Waals surface area contributed by atoms with Crippen LogP contribution >= 0.6 is 0 Å². The molecule has 0 aliphatic carbocycles. The number of halogens is 4. The molecule has 1 unspecified atom stereocenters. The van der Waals surface area contributed by atoms with Gasteiger partial charge in [0.1, 0.15) is 0 Å². The summed E-state index contributed by atoms with van der Waals surface area (Å²) in [4.78, 5) is 8.98. The summed E-state index contributed by atoms with van der Waals surface area (Å²) in [5.74, 6) is -3.18. The summed E-state index contributed by atoms with van der Waals surface area (Å²) >= 11 is 0. The Kier molecular flexibility index (Phi) is 4.54. The second-order valence-corrected chi connectivity index (χ2v) is 4.82. The first-order valence-corrected chi connectivity index (χ1v) is 6.35. The average Bonchev–Trinajstić information content (AvgIpc) is 2.42. The Balaban J connectivity index is 2.08. The zero-order valence-electron chi connectivity index (χ0n) is 10.8. The molecule has 1 fully saturated rings. The third-order valence-corrected chi connectivity index (χ3v) is 3.47. The summed E-state index contributed by atoms with van der Waals surface area (Å²) in [6.07, 6.45) is -0.592. The SMILES string of the molecule is NCC(c1cnc(C(F)F)nc1)N1CCC(F)(F)CC1. The van der Waals surface area contributed by atoms with Crippen LogP contribution in [0.15, 0.2) is 12.4 Å². The Morgan fingerprint density at radius 2 is 1.75 bits per heavy atom. The highest BCUT2D eigenvalue weighted by Crippen LogP contribution is 2.31. The molecule has 8 heteroatoms. The molecule has 1 aromatic heterocycles. The summed E-state index contributed by atoms with van der Waals surface area (Å²) < 4.78 is 51.0. The van der Waals surface area contributed by atoms with Gasteiger partial charge in [-0.15, -0.1) is 0 Å². The van der Waals surface area contributed by atoms with Gasteiger partial charge in [0.05, 0.1) is 6.04 Å². The lowest BCUT2D eigenvalue weighted by Crippen LogP contribution is -2.43. The van der Waals surface area contributed by atoms with Crippen LogP contribution in [-0.2, 0) is 0 Å². The van der Waals surface area contributed by atoms with Gasteiger partial charge in [-0.1, -0.05) is 0 Å². The van der Waals surface area contributed by atoms with E-state index in [0.717, 1.165) is 0 Å². The summed E-state index contributed by atoms with van der Waals surface area (Å²) in [7, 11) is 0. The van der Waals surface area contributed by atoms with Gasteiger partial charge >= 0.3 is 0 Å². The molecule has 1 atom stereocenters. The van der Waals surface area contributed by atoms with Crippen molar-refractivity contribution in [2.75, 3.05) is 19.6 Å². The fraction of sp³-hybridized carbons (Fsp3) is 0.667. The van der Waals surface area contributed by atoms with E-state index in [0.29, 0.717) is 5.56 Å². The van der Waals surface area contributed by atoms with Crippen molar-refractivity contribution >= 4 is 0 Å². The van der Waals surface area contributed by atoms with Crippen LogP contribution in [0.4, 0.5) is 17.6 Å². The molecule has 0 aromatic carbocycles. The molecule has 20 heavy (non-hydrogen) atoms. The van der Waals surface area contributed by atoms with E-state index < -0.39 is 18.2 Å². The van der Waals surface area contributed by atoms with E-state index in [1.165, 1.54) is 12.4 Å². The van der Waals surface area contributed by atoms with Gasteiger partial charge in [-0.05, 0) is 0 Å². The Hall–Kier alpha value is -1.28. The summed E-state index contributed by atoms with van der Waals surface area (Å²) in [5.41, 5.74) is 6.24. The Labute approximate surface area is 114 Å². The van der Waals surface area contributed by atoms with E-state index in [-0.39, 0.29) is 38.5 Å². The minimum Gasteiger partial charge on any atom is -0.329 e. The highest BCUT2D eigenvalue weighted by molar-refractivity contribution is 5.12. The fourth-order valence-corrected chi connectivity index (χ4v) is 2.29. The first-order valence-electron chi connectivity index (χ1n) is 6.35. The first kappa shape index (κ1) is 15.1. The smallest absolute Gasteiger partial charge is 0.297 e. The van der Waals surface area contributed by atoms with Crippen LogP contribution in [0.3, 0.4) is 0 Å². The molecule has 2 rings (SSSR count). The number of nitrogens with two attached hydrogens (primary N) is 1. The molecule has 0 amide bonds. The van der Waals surface area contributed by atoms with Crippen molar-refractivity contribution in [3.8, 4) is 0 Å². The van der Waals surface area contributed by atoms with Crippen molar-refractivity contribution in [1.29, 1.82) is 0 Å². The molecule has 0 saturated carbocycles. The molecule has 0 spiro atoms. The summed E-state index contributed by atoms with van der Waals surface area (Å²) in [6, 6.07) is -0.321. The van der Waals surface area contributed by atoms with Crippen molar-refractivity contribution in [3.05, 3.63) is 23.8 Å². The molecular formula is C12H16F4N4. The van der Waals surface area contributed by atoms with Crippen molar-refractivity contribution in [2.45, 2.75) is 31.2 Å². The number of alkyl halides is 4. The number of nitrogens with zero attached hydrogens (tertiary/aromatic N) is 3. The monoisotopic (exact) mass is 292 g/mol. The lowest BCUT2D eigenvalue weighted by atomic mass is 10.0. The average molecular weight is 292 g/mol. The normalized spacial score (nSPS) is 21.1. The van der Waals surface area contributed by atoms with Gasteiger partial charge in [-0.2, -0.15) is 0 Å². The standard InChI is InChI=1S/C12H16F4N4/c13-10(14)11-18-6-8(7-19-11)9(5-17)20-3-1-12(15,16)2-4-20/h6-7,9-10H,1-5,17H2. The predicted octanol–water partition coefficient (Wildman–Crippen LogP) is 2.15. The lowest BCUT2D eigenvalue weighted by molar-refractivity contribution is -0.0628. The van der Waals surface area contributed by atoms with E-state index in [4.69, 9.17) is 5.73 Å². The van der Waals surface area contributed by atoms with Crippen molar-refractivity contribution < 1.29 is 17.6 Å². The van der Waals surface area contributed by atoms with Gasteiger partial charge in [-0.3, -0.25) is 4.90 Å². The number of aromatic nitrogens is 2. The molecule has 1 saturated heterocycles. The molecule has 2 heterocycles. The number of hydrogen-bond acceptors (Lipinski definition) is 4. The zero-order chi connectivity index (χ0) is 14.8. The molecule has 0 bridgehead atoms. The first-order chi connectivity index (χ1) is 9.43. The van der Waals surface area contributed by atoms with E-state index in [1.54, 1.807) is 0 Å². The summed E-state index contributed by atoms with van der Waals surface area (Å²) in [5, 5.41) is 0. The van der Waals surface area contributed by atoms with Gasteiger partial charge in [0.2, 0.25) is 0 Å². The molecule has 112 valence electrons. The molecular weight excluding hydrogens is 276 g/mol. The van der Waals surface area contributed by atoms with Crippen LogP contribution in [-0.4, -0.2) is 40.4 Å². The molecule has 2 N–H and O–H groups in total. The van der Waals surface area contributed by atoms with Gasteiger partial charge in [0.15, 0.2) is 5.82 Å². The number of hydrogen-bond donors (Lipinski definition) is 1. The third-order valence-electron chi connectivity index (χ3n) is 3.47. The second-order valence-electron chi connectivity index (χ2n) is 4.82. The fourth-order valence-electron chi connectivity index (χ4n) is 2.29. The number of rotatable bonds is 4. The highest BCUT2D eigenvalue weighted by atomic mass is 19.3. The molecule has 4 nitrogen and oxygen atoms in total. The maximum Gasteiger partial charge on any atom is 0.297 e. The van der Waals surface area contributed by atoms with Crippen LogP contribution in [0.1, 0.15) is 36.7 Å². The van der Waals surface area contributed by atoms with Gasteiger partial charge < -0.3 is 5.73 Å². The van der Waals surface area contributed by atoms with Gasteiger partial charge in [0.25, 0.3) is 12.3 Å². The molecule has 0 radical (unpaired) electrons. The van der Waals surface area contributed by atoms with Crippen molar-refractivity contribution in [2.24, 2.45) is 5.73 Å². The number of piperidine rings is 1. The van der Waals surface area contributed by atoms with E-state index >= 15 is 0 Å². The van der Waals surface area contributed by atoms with Crippen molar-refractivity contribution in [3.63, 3.8) is 0 Å². The third kappa shape index (κ3) is 3.43. The van der Waals surface area contributed by atoms with E-state index in [1.807, 2.05) is 4.90 Å². The van der Waals surface area contributed by atoms with Crippen LogP contribution in [0, 0.1) is 0 Å². The second kappa shape index (κ2) is 6.01. The van der Waals surface area contributed by atoms with Gasteiger partial charge in [-0.25, -0.2) is 27.5 Å².